The lowest BCUT2D eigenvalue weighted by molar-refractivity contribution is -0.130. The summed E-state index contributed by atoms with van der Waals surface area (Å²) in [6.45, 7) is 0.967. The third-order valence-corrected chi connectivity index (χ3v) is 2.74. The second-order valence-electron chi connectivity index (χ2n) is 3.65. The summed E-state index contributed by atoms with van der Waals surface area (Å²) in [5, 5.41) is 0. The fourth-order valence-corrected chi connectivity index (χ4v) is 1.88. The molecule has 2 rings (SSSR count). The second-order valence-corrected chi connectivity index (χ2v) is 3.65. The average Bonchev–Trinajstić information content (AvgIpc) is 2.28. The Labute approximate surface area is 99.8 Å². The van der Waals surface area contributed by atoms with Crippen LogP contribution in [-0.4, -0.2) is 23.9 Å². The summed E-state index contributed by atoms with van der Waals surface area (Å²) >= 11 is 0. The van der Waals surface area contributed by atoms with Crippen LogP contribution in [0.25, 0.3) is 0 Å². The predicted molar refractivity (Wildman–Crippen MR) is 61.8 cm³/mol. The number of carbonyl (C=O) groups excluding carboxylic acids is 1. The van der Waals surface area contributed by atoms with Crippen LogP contribution in [0.2, 0.25) is 0 Å². The van der Waals surface area contributed by atoms with Gasteiger partial charge >= 0.3 is 0 Å². The zero-order chi connectivity index (χ0) is 10.8. The molecular formula is C11H14ClFN2O. The van der Waals surface area contributed by atoms with Crippen molar-refractivity contribution < 1.29 is 9.18 Å². The van der Waals surface area contributed by atoms with Gasteiger partial charge in [-0.05, 0) is 18.1 Å². The average molecular weight is 245 g/mol. The standard InChI is InChI=1S/C11H13FN2O.ClH/c12-10-3-1-2-8-4-5-14(7-9(8)10)11(15)6-13;/h1-3H,4-7,13H2;1H. The normalized spacial score (nSPS) is 14.0. The maximum Gasteiger partial charge on any atom is 0.236 e. The summed E-state index contributed by atoms with van der Waals surface area (Å²) in [4.78, 5) is 13.0. The maximum atomic E-state index is 13.4. The Balaban J connectivity index is 0.00000128. The first-order chi connectivity index (χ1) is 7.22. The molecule has 2 N–H and O–H groups in total. The van der Waals surface area contributed by atoms with Crippen LogP contribution in [0, 0.1) is 5.82 Å². The van der Waals surface area contributed by atoms with Gasteiger partial charge in [0.1, 0.15) is 5.82 Å². The summed E-state index contributed by atoms with van der Waals surface area (Å²) in [7, 11) is 0. The lowest BCUT2D eigenvalue weighted by Gasteiger charge is -2.28. The molecule has 0 saturated heterocycles. The Kier molecular flexibility index (Phi) is 4.26. The highest BCUT2D eigenvalue weighted by atomic mass is 35.5. The lowest BCUT2D eigenvalue weighted by atomic mass is 9.99. The topological polar surface area (TPSA) is 46.3 Å². The van der Waals surface area contributed by atoms with Gasteiger partial charge in [0, 0.05) is 18.7 Å². The highest BCUT2D eigenvalue weighted by Gasteiger charge is 2.21. The van der Waals surface area contributed by atoms with Crippen LogP contribution in [0.5, 0.6) is 0 Å². The molecule has 0 aromatic heterocycles. The van der Waals surface area contributed by atoms with Gasteiger partial charge in [-0.15, -0.1) is 12.4 Å². The molecule has 0 fully saturated rings. The van der Waals surface area contributed by atoms with E-state index in [0.29, 0.717) is 25.1 Å². The minimum Gasteiger partial charge on any atom is -0.337 e. The molecule has 1 amide bonds. The fourth-order valence-electron chi connectivity index (χ4n) is 1.88. The predicted octanol–water partition coefficient (Wildman–Crippen LogP) is 1.09. The molecule has 0 unspecified atom stereocenters. The van der Waals surface area contributed by atoms with Crippen LogP contribution in [0.1, 0.15) is 11.1 Å². The monoisotopic (exact) mass is 244 g/mol. The number of hydrogen-bond donors (Lipinski definition) is 1. The van der Waals surface area contributed by atoms with Crippen molar-refractivity contribution >= 4 is 18.3 Å². The third-order valence-electron chi connectivity index (χ3n) is 2.74. The van der Waals surface area contributed by atoms with Crippen LogP contribution in [0.3, 0.4) is 0 Å². The van der Waals surface area contributed by atoms with E-state index in [1.165, 1.54) is 6.07 Å². The largest absolute Gasteiger partial charge is 0.337 e. The number of fused-ring (bicyclic) bond motifs is 1. The lowest BCUT2D eigenvalue weighted by Crippen LogP contribution is -2.39. The SMILES string of the molecule is Cl.NCC(=O)N1CCc2cccc(F)c2C1. The maximum absolute atomic E-state index is 13.4. The molecule has 1 aliphatic heterocycles. The molecule has 3 nitrogen and oxygen atoms in total. The molecular weight excluding hydrogens is 231 g/mol. The van der Waals surface area contributed by atoms with Crippen molar-refractivity contribution in [2.75, 3.05) is 13.1 Å². The molecule has 0 radical (unpaired) electrons. The molecule has 1 aliphatic rings. The van der Waals surface area contributed by atoms with Crippen molar-refractivity contribution in [2.24, 2.45) is 5.73 Å². The van der Waals surface area contributed by atoms with Gasteiger partial charge in [-0.25, -0.2) is 4.39 Å². The molecule has 88 valence electrons. The van der Waals surface area contributed by atoms with Gasteiger partial charge in [-0.1, -0.05) is 12.1 Å². The molecule has 0 aliphatic carbocycles. The van der Waals surface area contributed by atoms with Gasteiger partial charge in [-0.3, -0.25) is 4.79 Å². The van der Waals surface area contributed by atoms with Gasteiger partial charge in [-0.2, -0.15) is 0 Å². The van der Waals surface area contributed by atoms with Gasteiger partial charge in [0.2, 0.25) is 5.91 Å². The Morgan fingerprint density at radius 2 is 2.25 bits per heavy atom. The highest BCUT2D eigenvalue weighted by Crippen LogP contribution is 2.21. The van der Waals surface area contributed by atoms with Crippen molar-refractivity contribution in [3.8, 4) is 0 Å². The first-order valence-electron chi connectivity index (χ1n) is 4.96. The number of carbonyl (C=O) groups is 1. The number of nitrogens with zero attached hydrogens (tertiary/aromatic N) is 1. The van der Waals surface area contributed by atoms with Crippen molar-refractivity contribution in [1.82, 2.24) is 4.90 Å². The molecule has 1 aromatic carbocycles. The Hall–Kier alpha value is -1.13. The number of benzene rings is 1. The van der Waals surface area contributed by atoms with Crippen molar-refractivity contribution in [3.63, 3.8) is 0 Å². The number of hydrogen-bond acceptors (Lipinski definition) is 2. The van der Waals surface area contributed by atoms with E-state index in [4.69, 9.17) is 5.73 Å². The second kappa shape index (κ2) is 5.27. The van der Waals surface area contributed by atoms with Crippen LogP contribution < -0.4 is 5.73 Å². The zero-order valence-corrected chi connectivity index (χ0v) is 9.60. The van der Waals surface area contributed by atoms with Crippen LogP contribution in [-0.2, 0) is 17.8 Å². The fraction of sp³-hybridized carbons (Fsp3) is 0.364. The minimum absolute atomic E-state index is 0. The van der Waals surface area contributed by atoms with Crippen molar-refractivity contribution in [2.45, 2.75) is 13.0 Å². The molecule has 1 aromatic rings. The first kappa shape index (κ1) is 12.9. The van der Waals surface area contributed by atoms with Gasteiger partial charge < -0.3 is 10.6 Å². The van der Waals surface area contributed by atoms with Crippen LogP contribution in [0.4, 0.5) is 4.39 Å². The molecule has 5 heteroatoms. The first-order valence-corrected chi connectivity index (χ1v) is 4.96. The molecule has 0 saturated carbocycles. The Morgan fingerprint density at radius 1 is 1.50 bits per heavy atom. The zero-order valence-electron chi connectivity index (χ0n) is 8.78. The van der Waals surface area contributed by atoms with Gasteiger partial charge in [0.15, 0.2) is 0 Å². The van der Waals surface area contributed by atoms with E-state index in [0.717, 1.165) is 5.56 Å². The van der Waals surface area contributed by atoms with E-state index < -0.39 is 0 Å². The summed E-state index contributed by atoms with van der Waals surface area (Å²) in [5.41, 5.74) is 6.90. The summed E-state index contributed by atoms with van der Waals surface area (Å²) in [5.74, 6) is -0.356. The van der Waals surface area contributed by atoms with E-state index >= 15 is 0 Å². The molecule has 0 spiro atoms. The molecule has 0 atom stereocenters. The summed E-state index contributed by atoms with van der Waals surface area (Å²) in [6, 6.07) is 5.03. The number of rotatable bonds is 1. The van der Waals surface area contributed by atoms with Crippen LogP contribution in [0.15, 0.2) is 18.2 Å². The number of amides is 1. The number of nitrogens with two attached hydrogens (primary N) is 1. The van der Waals surface area contributed by atoms with E-state index in [1.807, 2.05) is 6.07 Å². The Morgan fingerprint density at radius 3 is 2.94 bits per heavy atom. The van der Waals surface area contributed by atoms with E-state index in [-0.39, 0.29) is 30.7 Å². The van der Waals surface area contributed by atoms with Gasteiger partial charge in [0.25, 0.3) is 0 Å². The quantitative estimate of drug-likeness (QED) is 0.804. The summed E-state index contributed by atoms with van der Waals surface area (Å²) < 4.78 is 13.4. The van der Waals surface area contributed by atoms with Gasteiger partial charge in [0.05, 0.1) is 6.54 Å². The molecule has 0 bridgehead atoms. The molecule has 16 heavy (non-hydrogen) atoms. The summed E-state index contributed by atoms with van der Waals surface area (Å²) in [6.07, 6.45) is 0.707. The van der Waals surface area contributed by atoms with E-state index in [9.17, 15) is 9.18 Å². The smallest absolute Gasteiger partial charge is 0.236 e. The minimum atomic E-state index is -0.234. The van der Waals surface area contributed by atoms with Crippen LogP contribution >= 0.6 is 12.4 Å². The van der Waals surface area contributed by atoms with Crippen molar-refractivity contribution in [3.05, 3.63) is 35.1 Å². The third kappa shape index (κ3) is 2.33. The van der Waals surface area contributed by atoms with Crippen molar-refractivity contribution in [1.29, 1.82) is 0 Å². The number of halogens is 2. The van der Waals surface area contributed by atoms with E-state index in [1.54, 1.807) is 11.0 Å². The Bertz CT molecular complexity index is 398. The highest BCUT2D eigenvalue weighted by molar-refractivity contribution is 5.85. The molecule has 1 heterocycles. The van der Waals surface area contributed by atoms with E-state index in [2.05, 4.69) is 0 Å².